The molecule has 8 nitrogen and oxygen atoms in total. The summed E-state index contributed by atoms with van der Waals surface area (Å²) in [6.45, 7) is 4.54. The summed E-state index contributed by atoms with van der Waals surface area (Å²) in [7, 11) is 0. The molecular formula is C25H38O8. The maximum absolute atomic E-state index is 12.6. The normalized spacial score (nSPS) is 43.9. The van der Waals surface area contributed by atoms with E-state index in [1.54, 1.807) is 0 Å². The third-order valence-corrected chi connectivity index (χ3v) is 10.0. The minimum Gasteiger partial charge on any atom is -0.460 e. The number of fused-ring (bicyclic) bond motifs is 5. The van der Waals surface area contributed by atoms with Gasteiger partial charge >= 0.3 is 5.97 Å². The Morgan fingerprint density at radius 2 is 1.73 bits per heavy atom. The van der Waals surface area contributed by atoms with E-state index in [1.807, 2.05) is 0 Å². The maximum atomic E-state index is 12.6. The molecule has 186 valence electrons. The SMILES string of the molecule is C[C@]12CC[C@@H](OC(=O)[C@@H](O)[C@@H](O)[C@H](O)[C@@H](O)C=O)C[C@@H]1CC[C@@H]1[C@@H]2CC[C@]2(C)C(=O)CC[C@@H]12. The average molecular weight is 467 g/mol. The summed E-state index contributed by atoms with van der Waals surface area (Å²) in [5, 5.41) is 39.0. The topological polar surface area (TPSA) is 141 Å². The predicted molar refractivity (Wildman–Crippen MR) is 117 cm³/mol. The predicted octanol–water partition coefficient (Wildman–Crippen LogP) is 1.15. The molecule has 11 atom stereocenters. The first-order valence-corrected chi connectivity index (χ1v) is 12.4. The van der Waals surface area contributed by atoms with Gasteiger partial charge in [0, 0.05) is 11.8 Å². The van der Waals surface area contributed by atoms with Gasteiger partial charge in [-0.25, -0.2) is 4.79 Å². The molecule has 4 aliphatic rings. The van der Waals surface area contributed by atoms with Gasteiger partial charge in [0.1, 0.15) is 30.2 Å². The lowest BCUT2D eigenvalue weighted by Crippen LogP contribution is -2.54. The van der Waals surface area contributed by atoms with Crippen molar-refractivity contribution in [3.05, 3.63) is 0 Å². The summed E-state index contributed by atoms with van der Waals surface area (Å²) in [5.41, 5.74) is -0.00273. The zero-order valence-electron chi connectivity index (χ0n) is 19.6. The van der Waals surface area contributed by atoms with Crippen LogP contribution in [0.3, 0.4) is 0 Å². The van der Waals surface area contributed by atoms with E-state index in [1.165, 1.54) is 0 Å². The number of aliphatic hydroxyl groups is 4. The van der Waals surface area contributed by atoms with Crippen LogP contribution in [0.4, 0.5) is 0 Å². The summed E-state index contributed by atoms with van der Waals surface area (Å²) in [6, 6.07) is 0. The fourth-order valence-corrected chi connectivity index (χ4v) is 7.94. The molecule has 4 N–H and O–H groups in total. The zero-order valence-corrected chi connectivity index (χ0v) is 19.6. The Morgan fingerprint density at radius 1 is 1.00 bits per heavy atom. The quantitative estimate of drug-likeness (QED) is 0.337. The van der Waals surface area contributed by atoms with E-state index in [0.29, 0.717) is 42.3 Å². The van der Waals surface area contributed by atoms with Gasteiger partial charge in [0.05, 0.1) is 0 Å². The molecule has 8 heteroatoms. The highest BCUT2D eigenvalue weighted by molar-refractivity contribution is 5.87. The number of hydrogen-bond donors (Lipinski definition) is 4. The van der Waals surface area contributed by atoms with Crippen molar-refractivity contribution in [2.75, 3.05) is 0 Å². The molecule has 4 rings (SSSR count). The lowest BCUT2D eigenvalue weighted by atomic mass is 9.45. The number of carbonyl (C=O) groups excluding carboxylic acids is 3. The molecule has 0 radical (unpaired) electrons. The van der Waals surface area contributed by atoms with Crippen molar-refractivity contribution >= 4 is 18.0 Å². The third-order valence-electron chi connectivity index (χ3n) is 10.0. The van der Waals surface area contributed by atoms with Crippen molar-refractivity contribution in [3.63, 3.8) is 0 Å². The number of carbonyl (C=O) groups is 3. The Morgan fingerprint density at radius 3 is 2.42 bits per heavy atom. The number of Topliss-reactive ketones (excluding diaryl/α,β-unsaturated/α-hetero) is 1. The molecule has 33 heavy (non-hydrogen) atoms. The van der Waals surface area contributed by atoms with Crippen molar-refractivity contribution in [3.8, 4) is 0 Å². The van der Waals surface area contributed by atoms with Crippen molar-refractivity contribution in [1.29, 1.82) is 0 Å². The lowest BCUT2D eigenvalue weighted by Gasteiger charge is -2.60. The minimum atomic E-state index is -2.05. The van der Waals surface area contributed by atoms with Crippen LogP contribution in [0.2, 0.25) is 0 Å². The molecule has 4 fully saturated rings. The van der Waals surface area contributed by atoms with E-state index < -0.39 is 30.4 Å². The average Bonchev–Trinajstić information content (AvgIpc) is 3.11. The van der Waals surface area contributed by atoms with Crippen LogP contribution in [0, 0.1) is 34.5 Å². The van der Waals surface area contributed by atoms with Gasteiger partial charge in [-0.3, -0.25) is 4.79 Å². The monoisotopic (exact) mass is 466 g/mol. The Bertz CT molecular complexity index is 784. The van der Waals surface area contributed by atoms with Crippen LogP contribution < -0.4 is 0 Å². The molecule has 0 aromatic heterocycles. The van der Waals surface area contributed by atoms with Gasteiger partial charge in [-0.1, -0.05) is 13.8 Å². The van der Waals surface area contributed by atoms with Gasteiger partial charge in [0.2, 0.25) is 0 Å². The first kappa shape index (κ1) is 24.8. The number of hydrogen-bond acceptors (Lipinski definition) is 8. The third kappa shape index (κ3) is 4.07. The second-order valence-corrected chi connectivity index (χ2v) is 11.5. The molecule has 4 saturated carbocycles. The minimum absolute atomic E-state index is 0.0274. The summed E-state index contributed by atoms with van der Waals surface area (Å²) in [4.78, 5) is 35.5. The molecule has 0 aromatic carbocycles. The van der Waals surface area contributed by atoms with Gasteiger partial charge in [0.15, 0.2) is 12.4 Å². The highest BCUT2D eigenvalue weighted by atomic mass is 16.6. The Balaban J connectivity index is 1.38. The Hall–Kier alpha value is -1.35. The van der Waals surface area contributed by atoms with Crippen molar-refractivity contribution in [1.82, 2.24) is 0 Å². The van der Waals surface area contributed by atoms with E-state index in [2.05, 4.69) is 13.8 Å². The number of aliphatic hydroxyl groups excluding tert-OH is 4. The summed E-state index contributed by atoms with van der Waals surface area (Å²) in [6.07, 6.45) is -0.157. The molecule has 0 bridgehead atoms. The molecule has 0 heterocycles. The highest BCUT2D eigenvalue weighted by Crippen LogP contribution is 2.65. The Kier molecular flexibility index (Phi) is 6.77. The van der Waals surface area contributed by atoms with Crippen LogP contribution in [0.5, 0.6) is 0 Å². The van der Waals surface area contributed by atoms with E-state index in [9.17, 15) is 34.8 Å². The summed E-state index contributed by atoms with van der Waals surface area (Å²) in [5.74, 6) is 1.42. The number of rotatable bonds is 6. The maximum Gasteiger partial charge on any atom is 0.338 e. The van der Waals surface area contributed by atoms with Crippen LogP contribution in [0.25, 0.3) is 0 Å². The smallest absolute Gasteiger partial charge is 0.338 e. The fraction of sp³-hybridized carbons (Fsp3) is 0.880. The van der Waals surface area contributed by atoms with E-state index in [0.717, 1.165) is 44.9 Å². The van der Waals surface area contributed by atoms with Crippen molar-refractivity contribution < 1.29 is 39.5 Å². The molecular weight excluding hydrogens is 428 g/mol. The number of esters is 1. The number of aldehydes is 1. The second-order valence-electron chi connectivity index (χ2n) is 11.5. The molecule has 0 aromatic rings. The van der Waals surface area contributed by atoms with Crippen LogP contribution in [0.1, 0.15) is 71.6 Å². The van der Waals surface area contributed by atoms with Crippen LogP contribution in [-0.4, -0.2) is 69.0 Å². The number of ether oxygens (including phenoxy) is 1. The fourth-order valence-electron chi connectivity index (χ4n) is 7.94. The van der Waals surface area contributed by atoms with Gasteiger partial charge in [-0.2, -0.15) is 0 Å². The molecule has 0 unspecified atom stereocenters. The van der Waals surface area contributed by atoms with Gasteiger partial charge in [-0.15, -0.1) is 0 Å². The van der Waals surface area contributed by atoms with Crippen LogP contribution in [0.15, 0.2) is 0 Å². The molecule has 0 aliphatic heterocycles. The van der Waals surface area contributed by atoms with E-state index >= 15 is 0 Å². The largest absolute Gasteiger partial charge is 0.460 e. The molecule has 0 saturated heterocycles. The molecule has 4 aliphatic carbocycles. The van der Waals surface area contributed by atoms with Gasteiger partial charge < -0.3 is 30.0 Å². The van der Waals surface area contributed by atoms with Gasteiger partial charge in [0.25, 0.3) is 0 Å². The molecule has 0 amide bonds. The van der Waals surface area contributed by atoms with Crippen LogP contribution in [-0.2, 0) is 19.1 Å². The summed E-state index contributed by atoms with van der Waals surface area (Å²) >= 11 is 0. The van der Waals surface area contributed by atoms with Crippen molar-refractivity contribution in [2.24, 2.45) is 34.5 Å². The summed E-state index contributed by atoms with van der Waals surface area (Å²) < 4.78 is 5.49. The first-order chi connectivity index (χ1) is 15.5. The number of ketones is 1. The zero-order chi connectivity index (χ0) is 24.1. The van der Waals surface area contributed by atoms with Gasteiger partial charge in [-0.05, 0) is 80.5 Å². The van der Waals surface area contributed by atoms with E-state index in [4.69, 9.17) is 4.74 Å². The standard InChI is InChI=1S/C25H38O8/c1-24-9-7-14(33-23(32)22(31)21(30)20(29)18(27)12-26)11-13(24)3-4-15-16-5-6-19(28)25(16,2)10-8-17(15)24/h12-18,20-22,27,29-31H,3-11H2,1-2H3/t13-,14+,15-,16-,17-,18-,20+,21-,22-,24-,25-/m0/s1. The van der Waals surface area contributed by atoms with Crippen molar-refractivity contribution in [2.45, 2.75) is 102 Å². The lowest BCUT2D eigenvalue weighted by molar-refractivity contribution is -0.182. The molecule has 0 spiro atoms. The van der Waals surface area contributed by atoms with E-state index in [-0.39, 0.29) is 23.2 Å². The first-order valence-electron chi connectivity index (χ1n) is 12.4. The van der Waals surface area contributed by atoms with Crippen LogP contribution >= 0.6 is 0 Å². The highest BCUT2D eigenvalue weighted by Gasteiger charge is 2.60. The second kappa shape index (κ2) is 9.02. The Labute approximate surface area is 194 Å².